The molecule has 0 saturated heterocycles. The number of hydrogen-bond acceptors (Lipinski definition) is 1. The highest BCUT2D eigenvalue weighted by Crippen LogP contribution is 2.01. The van der Waals surface area contributed by atoms with Gasteiger partial charge in [0.1, 0.15) is 0 Å². The second-order valence-corrected chi connectivity index (χ2v) is 1.64. The first-order valence-corrected chi connectivity index (χ1v) is 2.57. The van der Waals surface area contributed by atoms with E-state index in [2.05, 4.69) is 10.9 Å². The first-order chi connectivity index (χ1) is 3.89. The van der Waals surface area contributed by atoms with Gasteiger partial charge in [0.2, 0.25) is 0 Å². The molecule has 1 nitrogen and oxygen atoms in total. The van der Waals surface area contributed by atoms with Crippen molar-refractivity contribution in [2.45, 2.75) is 5.82 Å². The van der Waals surface area contributed by atoms with Crippen molar-refractivity contribution in [2.75, 3.05) is 6.54 Å². The molecule has 0 spiro atoms. The fourth-order valence-electron chi connectivity index (χ4n) is 0.518. The van der Waals surface area contributed by atoms with Crippen LogP contribution in [0.3, 0.4) is 0 Å². The molecule has 0 aromatic carbocycles. The van der Waals surface area contributed by atoms with Gasteiger partial charge in [0.25, 0.3) is 0 Å². The number of rotatable bonds is 0. The van der Waals surface area contributed by atoms with Gasteiger partial charge in [-0.3, -0.25) is 0 Å². The summed E-state index contributed by atoms with van der Waals surface area (Å²) in [5.41, 5.74) is 0. The van der Waals surface area contributed by atoms with E-state index in [1.54, 1.807) is 6.08 Å². The number of hydrogen-bond donors (Lipinski definition) is 0. The van der Waals surface area contributed by atoms with Crippen LogP contribution in [0.15, 0.2) is 23.2 Å². The predicted octanol–water partition coefficient (Wildman–Crippen LogP) is 0.739. The maximum Gasteiger partial charge on any atom is 0.0820 e. The molecule has 0 N–H and O–H groups in total. The quantitative estimate of drug-likeness (QED) is 0.316. The van der Waals surface area contributed by atoms with Crippen molar-refractivity contribution in [3.8, 4) is 0 Å². The molecule has 0 amide bonds. The maximum absolute atomic E-state index is 5.47. The molecule has 8 heavy (non-hydrogen) atoms. The maximum atomic E-state index is 5.47. The van der Waals surface area contributed by atoms with Crippen molar-refractivity contribution < 1.29 is 0 Å². The van der Waals surface area contributed by atoms with Gasteiger partial charge in [0.15, 0.2) is 0 Å². The van der Waals surface area contributed by atoms with Gasteiger partial charge < -0.3 is 0 Å². The van der Waals surface area contributed by atoms with Gasteiger partial charge in [0, 0.05) is 0 Å². The van der Waals surface area contributed by atoms with E-state index in [1.807, 2.05) is 12.2 Å². The minimum atomic E-state index is 0.0150. The molecule has 1 unspecified atom stereocenters. The summed E-state index contributed by atoms with van der Waals surface area (Å²) >= 11 is 0. The van der Waals surface area contributed by atoms with E-state index >= 15 is 0 Å². The van der Waals surface area contributed by atoms with Crippen LogP contribution in [0, 0.1) is 0 Å². The van der Waals surface area contributed by atoms with E-state index in [0.717, 1.165) is 0 Å². The van der Waals surface area contributed by atoms with Gasteiger partial charge in [0.05, 0.1) is 14.4 Å². The minimum Gasteiger partial charge on any atom is -0.239 e. The highest BCUT2D eigenvalue weighted by atomic mass is 14.7. The van der Waals surface area contributed by atoms with Crippen molar-refractivity contribution in [3.63, 3.8) is 0 Å². The van der Waals surface area contributed by atoms with Gasteiger partial charge in [-0.2, -0.15) is 0 Å². The Morgan fingerprint density at radius 3 is 3.50 bits per heavy atom. The second kappa shape index (κ2) is 2.53. The van der Waals surface area contributed by atoms with E-state index in [9.17, 15) is 0 Å². The molecule has 1 aliphatic rings. The van der Waals surface area contributed by atoms with Crippen LogP contribution in [0.5, 0.6) is 0 Å². The second-order valence-electron chi connectivity index (χ2n) is 1.64. The first kappa shape index (κ1) is 5.39. The fraction of sp³-hybridized carbons (Fsp3) is 0.333. The molecular weight excluding hydrogens is 96.9 g/mol. The van der Waals surface area contributed by atoms with Gasteiger partial charge in [-0.05, 0) is 17.8 Å². The van der Waals surface area contributed by atoms with Crippen LogP contribution in [0.4, 0.5) is 0 Å². The first-order valence-electron chi connectivity index (χ1n) is 2.57. The molecule has 1 aliphatic heterocycles. The fourth-order valence-corrected chi connectivity index (χ4v) is 0.518. The largest absolute Gasteiger partial charge is 0.239 e. The van der Waals surface area contributed by atoms with Crippen molar-refractivity contribution in [1.29, 1.82) is 0 Å². The van der Waals surface area contributed by atoms with Crippen molar-refractivity contribution in [2.24, 2.45) is 4.99 Å². The van der Waals surface area contributed by atoms with Crippen LogP contribution in [0.2, 0.25) is 5.82 Å². The summed E-state index contributed by atoms with van der Waals surface area (Å²) in [6, 6.07) is 0. The molecule has 0 bridgehead atoms. The summed E-state index contributed by atoms with van der Waals surface area (Å²) < 4.78 is 0. The minimum absolute atomic E-state index is 0.0150. The van der Waals surface area contributed by atoms with E-state index in [-0.39, 0.29) is 5.82 Å². The van der Waals surface area contributed by atoms with E-state index < -0.39 is 0 Å². The topological polar surface area (TPSA) is 12.4 Å². The zero-order valence-corrected chi connectivity index (χ0v) is 4.54. The lowest BCUT2D eigenvalue weighted by atomic mass is 9.88. The average molecular weight is 103 g/mol. The van der Waals surface area contributed by atoms with Crippen LogP contribution in [-0.4, -0.2) is 20.3 Å². The summed E-state index contributed by atoms with van der Waals surface area (Å²) in [5, 5.41) is 0. The summed E-state index contributed by atoms with van der Waals surface area (Å²) in [4.78, 5) is 3.85. The van der Waals surface area contributed by atoms with Crippen LogP contribution in [0.1, 0.15) is 0 Å². The smallest absolute Gasteiger partial charge is 0.0820 e. The van der Waals surface area contributed by atoms with Crippen molar-refractivity contribution in [3.05, 3.63) is 18.2 Å². The third-order valence-corrected chi connectivity index (χ3v) is 0.913. The SMILES string of the molecule is [B]C1C=C=NCC=C1. The standard InChI is InChI=1S/C6H6BN/c7-6-2-1-4-8-5-3-6/h1-3,6H,4H2. The monoisotopic (exact) mass is 103 g/mol. The van der Waals surface area contributed by atoms with Crippen molar-refractivity contribution >= 4 is 13.7 Å². The average Bonchev–Trinajstić information content (AvgIpc) is 1.94. The van der Waals surface area contributed by atoms with Crippen LogP contribution >= 0.6 is 0 Å². The lowest BCUT2D eigenvalue weighted by Gasteiger charge is -1.88. The highest BCUT2D eigenvalue weighted by molar-refractivity contribution is 6.15. The van der Waals surface area contributed by atoms with E-state index in [0.29, 0.717) is 6.54 Å². The molecule has 0 aromatic heterocycles. The summed E-state index contributed by atoms with van der Waals surface area (Å²) in [6.45, 7) is 0.712. The zero-order chi connectivity index (χ0) is 5.82. The Kier molecular flexibility index (Phi) is 1.71. The number of aliphatic imine (C=N–C) groups is 1. The Bertz CT molecular complexity index is 154. The third-order valence-electron chi connectivity index (χ3n) is 0.913. The van der Waals surface area contributed by atoms with Crippen molar-refractivity contribution in [1.82, 2.24) is 0 Å². The van der Waals surface area contributed by atoms with Crippen LogP contribution < -0.4 is 0 Å². The highest BCUT2D eigenvalue weighted by Gasteiger charge is 1.88. The molecule has 1 rings (SSSR count). The molecule has 0 fully saturated rings. The Morgan fingerprint density at radius 2 is 2.62 bits per heavy atom. The molecule has 38 valence electrons. The Morgan fingerprint density at radius 1 is 1.75 bits per heavy atom. The Balaban J connectivity index is 2.69. The molecule has 1 heterocycles. The lowest BCUT2D eigenvalue weighted by Crippen LogP contribution is -1.77. The van der Waals surface area contributed by atoms with Crippen LogP contribution in [-0.2, 0) is 0 Å². The predicted molar refractivity (Wildman–Crippen MR) is 35.5 cm³/mol. The lowest BCUT2D eigenvalue weighted by molar-refractivity contribution is 1.26. The molecule has 2 radical (unpaired) electrons. The Labute approximate surface area is 50.2 Å². The van der Waals surface area contributed by atoms with Crippen LogP contribution in [0.25, 0.3) is 0 Å². The summed E-state index contributed by atoms with van der Waals surface area (Å²) in [7, 11) is 5.47. The van der Waals surface area contributed by atoms with Gasteiger partial charge >= 0.3 is 0 Å². The van der Waals surface area contributed by atoms with Gasteiger partial charge in [-0.1, -0.05) is 12.2 Å². The number of allylic oxidation sites excluding steroid dienone is 2. The zero-order valence-electron chi connectivity index (χ0n) is 4.54. The Hall–Kier alpha value is -0.745. The number of nitrogens with zero attached hydrogens (tertiary/aromatic N) is 1. The summed E-state index contributed by atoms with van der Waals surface area (Å²) in [5.74, 6) is 2.72. The van der Waals surface area contributed by atoms with Gasteiger partial charge in [-0.15, -0.1) is 0 Å². The van der Waals surface area contributed by atoms with E-state index in [4.69, 9.17) is 7.85 Å². The molecular formula is C6H6BN. The van der Waals surface area contributed by atoms with E-state index in [1.165, 1.54) is 0 Å². The third kappa shape index (κ3) is 1.40. The summed E-state index contributed by atoms with van der Waals surface area (Å²) in [6.07, 6.45) is 5.58. The van der Waals surface area contributed by atoms with Gasteiger partial charge in [-0.25, -0.2) is 4.99 Å². The molecule has 0 saturated carbocycles. The normalized spacial score (nSPS) is 25.8. The molecule has 0 aromatic rings. The molecule has 1 atom stereocenters. The molecule has 0 aliphatic carbocycles. The molecule has 2 heteroatoms.